The van der Waals surface area contributed by atoms with Crippen LogP contribution in [0.2, 0.25) is 0 Å². The van der Waals surface area contributed by atoms with E-state index in [1.54, 1.807) is 0 Å². The number of ether oxygens (including phenoxy) is 4. The number of carbonyl (C=O) groups is 1. The zero-order chi connectivity index (χ0) is 19.0. The molecule has 24 heavy (non-hydrogen) atoms. The Morgan fingerprint density at radius 2 is 1.88 bits per heavy atom. The molecule has 3 unspecified atom stereocenters. The zero-order valence-electron chi connectivity index (χ0n) is 13.6. The average molecular weight is 362 g/mol. The van der Waals surface area contributed by atoms with E-state index in [-0.39, 0.29) is 12.5 Å². The van der Waals surface area contributed by atoms with E-state index in [1.807, 2.05) is 0 Å². The monoisotopic (exact) mass is 362 g/mol. The second-order valence-corrected chi connectivity index (χ2v) is 5.82. The van der Waals surface area contributed by atoms with Crippen LogP contribution in [0.15, 0.2) is 12.2 Å². The van der Waals surface area contributed by atoms with E-state index in [0.29, 0.717) is 0 Å². The molecule has 140 valence electrons. The lowest BCUT2D eigenvalue weighted by molar-refractivity contribution is -0.446. The van der Waals surface area contributed by atoms with Gasteiger partial charge in [-0.3, -0.25) is 0 Å². The Labute approximate surface area is 135 Å². The molecular weight excluding hydrogens is 343 g/mol. The van der Waals surface area contributed by atoms with Gasteiger partial charge in [0.2, 0.25) is 5.60 Å². The predicted octanol–water partition coefficient (Wildman–Crippen LogP) is 3.19. The van der Waals surface area contributed by atoms with Crippen molar-refractivity contribution in [1.82, 2.24) is 0 Å². The number of halogens is 5. The number of carbonyl (C=O) groups excluding carboxylic acids is 1. The van der Waals surface area contributed by atoms with Crippen LogP contribution in [-0.4, -0.2) is 49.5 Å². The summed E-state index contributed by atoms with van der Waals surface area (Å²) < 4.78 is 87.6. The van der Waals surface area contributed by atoms with Crippen LogP contribution in [0.4, 0.5) is 22.0 Å². The number of methoxy groups -OCH3 is 1. The third kappa shape index (κ3) is 3.70. The lowest BCUT2D eigenvalue weighted by Gasteiger charge is -2.51. The van der Waals surface area contributed by atoms with Crippen LogP contribution >= 0.6 is 0 Å². The fraction of sp³-hybridized carbons (Fsp3) is 0.786. The van der Waals surface area contributed by atoms with Crippen molar-refractivity contribution in [2.24, 2.45) is 0 Å². The first-order valence-corrected chi connectivity index (χ1v) is 6.84. The summed E-state index contributed by atoms with van der Waals surface area (Å²) in [5.74, 6) is -7.89. The molecule has 1 rings (SSSR count). The van der Waals surface area contributed by atoms with Crippen LogP contribution in [0.3, 0.4) is 0 Å². The molecule has 0 amide bonds. The van der Waals surface area contributed by atoms with Gasteiger partial charge < -0.3 is 18.9 Å². The van der Waals surface area contributed by atoms with E-state index < -0.39 is 48.8 Å². The summed E-state index contributed by atoms with van der Waals surface area (Å²) in [4.78, 5) is 11.5. The van der Waals surface area contributed by atoms with E-state index in [0.717, 1.165) is 6.92 Å². The van der Waals surface area contributed by atoms with Crippen LogP contribution in [0.1, 0.15) is 27.2 Å². The Hall–Kier alpha value is -1.26. The van der Waals surface area contributed by atoms with Crippen molar-refractivity contribution >= 4 is 5.97 Å². The molecule has 3 atom stereocenters. The van der Waals surface area contributed by atoms with Gasteiger partial charge in [-0.2, -0.15) is 22.0 Å². The van der Waals surface area contributed by atoms with Gasteiger partial charge in [-0.25, -0.2) is 4.79 Å². The maximum absolute atomic E-state index is 14.5. The van der Waals surface area contributed by atoms with Crippen LogP contribution in [0, 0.1) is 0 Å². The summed E-state index contributed by atoms with van der Waals surface area (Å²) in [6.45, 7) is 5.11. The second-order valence-electron chi connectivity index (χ2n) is 5.82. The van der Waals surface area contributed by atoms with Gasteiger partial charge in [0, 0.05) is 19.1 Å². The van der Waals surface area contributed by atoms with Gasteiger partial charge in [-0.15, -0.1) is 0 Å². The van der Waals surface area contributed by atoms with Gasteiger partial charge in [0.25, 0.3) is 0 Å². The van der Waals surface area contributed by atoms with Gasteiger partial charge in [0.1, 0.15) is 6.79 Å². The molecule has 0 aromatic heterocycles. The minimum Gasteiger partial charge on any atom is -0.452 e. The molecule has 1 saturated heterocycles. The molecule has 1 fully saturated rings. The quantitative estimate of drug-likeness (QED) is 0.325. The molecule has 1 heterocycles. The van der Waals surface area contributed by atoms with Gasteiger partial charge in [0.05, 0.1) is 0 Å². The van der Waals surface area contributed by atoms with Gasteiger partial charge in [0.15, 0.2) is 11.9 Å². The number of esters is 1. The highest BCUT2D eigenvalue weighted by Crippen LogP contribution is 2.54. The van der Waals surface area contributed by atoms with Gasteiger partial charge >= 0.3 is 18.1 Å². The second kappa shape index (κ2) is 6.57. The highest BCUT2D eigenvalue weighted by molar-refractivity contribution is 5.87. The van der Waals surface area contributed by atoms with E-state index >= 15 is 0 Å². The Bertz CT molecular complexity index is 506. The van der Waals surface area contributed by atoms with E-state index in [9.17, 15) is 26.7 Å². The molecule has 10 heteroatoms. The zero-order valence-corrected chi connectivity index (χ0v) is 13.6. The Morgan fingerprint density at radius 3 is 2.29 bits per heavy atom. The van der Waals surface area contributed by atoms with Crippen molar-refractivity contribution in [1.29, 1.82) is 0 Å². The molecule has 0 N–H and O–H groups in total. The predicted molar refractivity (Wildman–Crippen MR) is 71.2 cm³/mol. The summed E-state index contributed by atoms with van der Waals surface area (Å²) in [5.41, 5.74) is -4.16. The molecule has 0 aromatic carbocycles. The van der Waals surface area contributed by atoms with Gasteiger partial charge in [-0.1, -0.05) is 6.58 Å². The molecule has 5 nitrogen and oxygen atoms in total. The normalized spacial score (nSPS) is 33.1. The van der Waals surface area contributed by atoms with E-state index in [4.69, 9.17) is 4.74 Å². The number of rotatable bonds is 5. The van der Waals surface area contributed by atoms with Crippen LogP contribution in [0.5, 0.6) is 0 Å². The summed E-state index contributed by atoms with van der Waals surface area (Å²) in [6, 6.07) is 0. The summed E-state index contributed by atoms with van der Waals surface area (Å²) in [5, 5.41) is 0. The molecule has 0 aromatic rings. The number of alkyl halides is 5. The van der Waals surface area contributed by atoms with Crippen molar-refractivity contribution in [3.05, 3.63) is 12.2 Å². The minimum atomic E-state index is -5.46. The van der Waals surface area contributed by atoms with Crippen molar-refractivity contribution < 1.29 is 45.7 Å². The fourth-order valence-electron chi connectivity index (χ4n) is 2.18. The molecule has 0 aliphatic carbocycles. The molecular formula is C14H19F5O5. The van der Waals surface area contributed by atoms with Crippen molar-refractivity contribution in [3.63, 3.8) is 0 Å². The number of hydrogen-bond donors (Lipinski definition) is 0. The first-order chi connectivity index (χ1) is 10.7. The topological polar surface area (TPSA) is 54.0 Å². The van der Waals surface area contributed by atoms with Crippen molar-refractivity contribution in [2.45, 2.75) is 56.8 Å². The van der Waals surface area contributed by atoms with Crippen molar-refractivity contribution in [2.75, 3.05) is 13.9 Å². The van der Waals surface area contributed by atoms with Crippen molar-refractivity contribution in [3.8, 4) is 0 Å². The number of hydrogen-bond acceptors (Lipinski definition) is 5. The molecule has 0 saturated carbocycles. The minimum absolute atomic E-state index is 0.183. The maximum Gasteiger partial charge on any atom is 0.423 e. The first kappa shape index (κ1) is 20.8. The Kier molecular flexibility index (Phi) is 5.69. The maximum atomic E-state index is 14.5. The average Bonchev–Trinajstić information content (AvgIpc) is 2.41. The van der Waals surface area contributed by atoms with Crippen LogP contribution < -0.4 is 0 Å². The van der Waals surface area contributed by atoms with Crippen LogP contribution in [0.25, 0.3) is 0 Å². The molecule has 1 aliphatic rings. The third-order valence-corrected chi connectivity index (χ3v) is 3.64. The smallest absolute Gasteiger partial charge is 0.423 e. The highest BCUT2D eigenvalue weighted by Gasteiger charge is 2.76. The molecule has 0 radical (unpaired) electrons. The molecule has 0 spiro atoms. The first-order valence-electron chi connectivity index (χ1n) is 6.84. The summed E-state index contributed by atoms with van der Waals surface area (Å²) in [6.07, 6.45) is -8.71. The summed E-state index contributed by atoms with van der Waals surface area (Å²) in [7, 11) is 1.20. The van der Waals surface area contributed by atoms with E-state index in [1.165, 1.54) is 14.0 Å². The largest absolute Gasteiger partial charge is 0.452 e. The Morgan fingerprint density at radius 1 is 1.33 bits per heavy atom. The third-order valence-electron chi connectivity index (χ3n) is 3.64. The van der Waals surface area contributed by atoms with Crippen LogP contribution in [-0.2, 0) is 23.7 Å². The fourth-order valence-corrected chi connectivity index (χ4v) is 2.18. The molecule has 0 bridgehead atoms. The summed E-state index contributed by atoms with van der Waals surface area (Å²) >= 11 is 0. The molecule has 1 aliphatic heterocycles. The lowest BCUT2D eigenvalue weighted by atomic mass is 9.84. The lowest BCUT2D eigenvalue weighted by Crippen LogP contribution is -2.71. The highest BCUT2D eigenvalue weighted by atomic mass is 19.4. The SMILES string of the molecule is C=C(C)C(=O)OC1CC(C)(OCOC)OC(C)(C(F)(F)F)C1(F)F. The Balaban J connectivity index is 3.30. The standard InChI is InChI=1S/C14H19F5O5/c1-8(2)10(20)23-9-6-11(3,22-7-21-5)24-12(4,13(9,15)16)14(17,18)19/h9H,1,6-7H2,2-5H3. The van der Waals surface area contributed by atoms with E-state index in [2.05, 4.69) is 20.8 Å². The van der Waals surface area contributed by atoms with Gasteiger partial charge in [-0.05, 0) is 20.8 Å².